The number of rotatable bonds is 3. The maximum Gasteiger partial charge on any atom is 0.136 e. The van der Waals surface area contributed by atoms with Gasteiger partial charge in [0.2, 0.25) is 0 Å². The molecule has 0 saturated carbocycles. The second-order valence-electron chi connectivity index (χ2n) is 6.88. The van der Waals surface area contributed by atoms with Crippen LogP contribution in [0.2, 0.25) is 0 Å². The Labute approximate surface area is 141 Å². The Bertz CT molecular complexity index is 867. The van der Waals surface area contributed by atoms with Crippen molar-refractivity contribution in [3.05, 3.63) is 53.7 Å². The lowest BCUT2D eigenvalue weighted by molar-refractivity contribution is -0.105. The molecule has 0 N–H and O–H groups in total. The normalized spacial score (nSPS) is 22.3. The molecule has 24 heavy (non-hydrogen) atoms. The van der Waals surface area contributed by atoms with Crippen molar-refractivity contribution in [1.29, 1.82) is 0 Å². The number of nitrogens with zero attached hydrogens (tertiary/aromatic N) is 5. The first-order valence-electron chi connectivity index (χ1n) is 8.31. The Morgan fingerprint density at radius 3 is 2.92 bits per heavy atom. The van der Waals surface area contributed by atoms with Crippen LogP contribution in [-0.4, -0.2) is 43.8 Å². The highest BCUT2D eigenvalue weighted by molar-refractivity contribution is 5.41. The van der Waals surface area contributed by atoms with Gasteiger partial charge in [-0.1, -0.05) is 6.07 Å². The van der Waals surface area contributed by atoms with Gasteiger partial charge >= 0.3 is 0 Å². The van der Waals surface area contributed by atoms with Crippen LogP contribution in [0.3, 0.4) is 0 Å². The summed E-state index contributed by atoms with van der Waals surface area (Å²) in [4.78, 5) is 6.95. The first kappa shape index (κ1) is 15.4. The Kier molecular flexibility index (Phi) is 3.66. The van der Waals surface area contributed by atoms with Gasteiger partial charge in [-0.3, -0.25) is 9.58 Å². The second-order valence-corrected chi connectivity index (χ2v) is 6.88. The van der Waals surface area contributed by atoms with Gasteiger partial charge in [0, 0.05) is 44.6 Å². The van der Waals surface area contributed by atoms with Crippen molar-refractivity contribution < 1.29 is 4.74 Å². The summed E-state index contributed by atoms with van der Waals surface area (Å²) in [5, 5.41) is 4.29. The molecule has 1 atom stereocenters. The number of hydrogen-bond acceptors (Lipinski definition) is 4. The minimum atomic E-state index is -0.317. The van der Waals surface area contributed by atoms with E-state index in [4.69, 9.17) is 4.74 Å². The summed E-state index contributed by atoms with van der Waals surface area (Å²) in [6.07, 6.45) is 8.08. The van der Waals surface area contributed by atoms with Gasteiger partial charge < -0.3 is 9.14 Å². The zero-order chi connectivity index (χ0) is 16.7. The van der Waals surface area contributed by atoms with Crippen molar-refractivity contribution in [2.75, 3.05) is 19.7 Å². The molecule has 6 heteroatoms. The number of morpholine rings is 1. The molecule has 0 radical (unpaired) electrons. The van der Waals surface area contributed by atoms with E-state index < -0.39 is 0 Å². The van der Waals surface area contributed by atoms with Crippen LogP contribution in [0, 0.1) is 6.92 Å². The monoisotopic (exact) mass is 325 g/mol. The van der Waals surface area contributed by atoms with E-state index in [0.29, 0.717) is 0 Å². The van der Waals surface area contributed by atoms with Crippen LogP contribution < -0.4 is 0 Å². The van der Waals surface area contributed by atoms with Crippen LogP contribution in [-0.2, 0) is 23.9 Å². The van der Waals surface area contributed by atoms with Gasteiger partial charge in [-0.15, -0.1) is 0 Å². The highest BCUT2D eigenvalue weighted by atomic mass is 16.5. The van der Waals surface area contributed by atoms with Crippen molar-refractivity contribution in [3.63, 3.8) is 0 Å². The SMILES string of the molecule is Cc1ccc2ncc(CN3CCO[C@@](C)(c4cnn(C)c4)C3)n2c1. The summed E-state index contributed by atoms with van der Waals surface area (Å²) >= 11 is 0. The molecule has 4 heterocycles. The lowest BCUT2D eigenvalue weighted by Crippen LogP contribution is -2.47. The molecule has 126 valence electrons. The van der Waals surface area contributed by atoms with Gasteiger partial charge in [0.15, 0.2) is 0 Å². The van der Waals surface area contributed by atoms with Crippen molar-refractivity contribution >= 4 is 5.65 Å². The molecule has 1 saturated heterocycles. The summed E-state index contributed by atoms with van der Waals surface area (Å²) < 4.78 is 10.1. The van der Waals surface area contributed by atoms with E-state index in [1.807, 2.05) is 30.3 Å². The molecule has 1 aliphatic rings. The van der Waals surface area contributed by atoms with E-state index >= 15 is 0 Å². The number of hydrogen-bond donors (Lipinski definition) is 0. The largest absolute Gasteiger partial charge is 0.368 e. The third-order valence-electron chi connectivity index (χ3n) is 4.78. The predicted octanol–water partition coefficient (Wildman–Crippen LogP) is 2.12. The molecule has 0 aliphatic carbocycles. The van der Waals surface area contributed by atoms with Crippen molar-refractivity contribution in [2.45, 2.75) is 26.0 Å². The molecule has 0 amide bonds. The van der Waals surface area contributed by atoms with Crippen LogP contribution in [0.1, 0.15) is 23.7 Å². The van der Waals surface area contributed by atoms with Gasteiger partial charge in [0.1, 0.15) is 11.2 Å². The zero-order valence-electron chi connectivity index (χ0n) is 14.4. The Morgan fingerprint density at radius 2 is 2.12 bits per heavy atom. The predicted molar refractivity (Wildman–Crippen MR) is 91.7 cm³/mol. The molecule has 1 aliphatic heterocycles. The number of aryl methyl sites for hydroxylation is 2. The minimum Gasteiger partial charge on any atom is -0.368 e. The maximum absolute atomic E-state index is 6.10. The fraction of sp³-hybridized carbons (Fsp3) is 0.444. The molecule has 1 fully saturated rings. The molecule has 3 aromatic heterocycles. The molecule has 6 nitrogen and oxygen atoms in total. The van der Waals surface area contributed by atoms with Crippen LogP contribution in [0.15, 0.2) is 36.9 Å². The van der Waals surface area contributed by atoms with E-state index in [1.165, 1.54) is 11.3 Å². The maximum atomic E-state index is 6.10. The zero-order valence-corrected chi connectivity index (χ0v) is 14.4. The van der Waals surface area contributed by atoms with Gasteiger partial charge in [0.05, 0.1) is 24.7 Å². The fourth-order valence-corrected chi connectivity index (χ4v) is 3.44. The third-order valence-corrected chi connectivity index (χ3v) is 4.78. The quantitative estimate of drug-likeness (QED) is 0.740. The number of ether oxygens (including phenoxy) is 1. The smallest absolute Gasteiger partial charge is 0.136 e. The fourth-order valence-electron chi connectivity index (χ4n) is 3.44. The Balaban J connectivity index is 1.57. The number of aromatic nitrogens is 4. The van der Waals surface area contributed by atoms with E-state index in [0.717, 1.165) is 37.5 Å². The summed E-state index contributed by atoms with van der Waals surface area (Å²) in [6, 6.07) is 4.16. The average molecular weight is 325 g/mol. The van der Waals surface area contributed by atoms with Gasteiger partial charge in [-0.25, -0.2) is 4.98 Å². The lowest BCUT2D eigenvalue weighted by Gasteiger charge is -2.40. The first-order chi connectivity index (χ1) is 11.5. The van der Waals surface area contributed by atoms with E-state index in [2.05, 4.69) is 51.6 Å². The number of pyridine rings is 1. The number of fused-ring (bicyclic) bond motifs is 1. The van der Waals surface area contributed by atoms with Crippen molar-refractivity contribution in [2.24, 2.45) is 7.05 Å². The number of imidazole rings is 1. The third kappa shape index (κ3) is 2.72. The topological polar surface area (TPSA) is 47.6 Å². The summed E-state index contributed by atoms with van der Waals surface area (Å²) in [7, 11) is 1.94. The van der Waals surface area contributed by atoms with Crippen LogP contribution in [0.5, 0.6) is 0 Å². The molecule has 4 rings (SSSR count). The van der Waals surface area contributed by atoms with Gasteiger partial charge in [0.25, 0.3) is 0 Å². The molecular weight excluding hydrogens is 302 g/mol. The Hall–Kier alpha value is -2.18. The average Bonchev–Trinajstić information content (AvgIpc) is 3.15. The molecule has 0 bridgehead atoms. The Morgan fingerprint density at radius 1 is 1.25 bits per heavy atom. The van der Waals surface area contributed by atoms with E-state index in [1.54, 1.807) is 0 Å². The van der Waals surface area contributed by atoms with Crippen LogP contribution >= 0.6 is 0 Å². The highest BCUT2D eigenvalue weighted by Gasteiger charge is 2.35. The second kappa shape index (κ2) is 5.72. The summed E-state index contributed by atoms with van der Waals surface area (Å²) in [6.45, 7) is 7.61. The molecule has 3 aromatic rings. The van der Waals surface area contributed by atoms with Crippen LogP contribution in [0.4, 0.5) is 0 Å². The van der Waals surface area contributed by atoms with Gasteiger partial charge in [-0.2, -0.15) is 5.10 Å². The molecular formula is C18H23N5O. The van der Waals surface area contributed by atoms with Crippen molar-refractivity contribution in [1.82, 2.24) is 24.1 Å². The molecule has 0 aromatic carbocycles. The highest BCUT2D eigenvalue weighted by Crippen LogP contribution is 2.29. The standard InChI is InChI=1S/C18H23N5O/c1-14-4-5-17-19-9-16(23(17)10-14)12-22-6-7-24-18(2,13-22)15-8-20-21(3)11-15/h4-5,8-11H,6-7,12-13H2,1-3H3/t18-/m1/s1. The van der Waals surface area contributed by atoms with Crippen LogP contribution in [0.25, 0.3) is 5.65 Å². The lowest BCUT2D eigenvalue weighted by atomic mass is 9.97. The minimum absolute atomic E-state index is 0.317. The molecule has 0 spiro atoms. The van der Waals surface area contributed by atoms with Crippen molar-refractivity contribution in [3.8, 4) is 0 Å². The van der Waals surface area contributed by atoms with E-state index in [-0.39, 0.29) is 5.60 Å². The van der Waals surface area contributed by atoms with E-state index in [9.17, 15) is 0 Å². The summed E-state index contributed by atoms with van der Waals surface area (Å²) in [5.41, 5.74) is 4.26. The summed E-state index contributed by atoms with van der Waals surface area (Å²) in [5.74, 6) is 0. The van der Waals surface area contributed by atoms with Gasteiger partial charge in [-0.05, 0) is 25.5 Å². The first-order valence-corrected chi connectivity index (χ1v) is 8.31. The molecule has 0 unspecified atom stereocenters.